The minimum Gasteiger partial charge on any atom is -0.481 e. The van der Waals surface area contributed by atoms with E-state index in [9.17, 15) is 9.59 Å². The first kappa shape index (κ1) is 26.4. The molecule has 0 saturated heterocycles. The fraction of sp³-hybridized carbons (Fsp3) is 0.172. The number of carbonyl (C=O) groups excluding carboxylic acids is 1. The van der Waals surface area contributed by atoms with Gasteiger partial charge < -0.3 is 5.11 Å². The van der Waals surface area contributed by atoms with Gasteiger partial charge >= 0.3 is 5.97 Å². The Morgan fingerprint density at radius 3 is 2.50 bits per heavy atom. The smallest absolute Gasteiger partial charge is 0.303 e. The summed E-state index contributed by atoms with van der Waals surface area (Å²) in [5.41, 5.74) is 5.79. The van der Waals surface area contributed by atoms with Gasteiger partial charge in [0.25, 0.3) is 0 Å². The van der Waals surface area contributed by atoms with E-state index in [0.717, 1.165) is 37.8 Å². The molecule has 3 aromatic carbocycles. The molecule has 5 rings (SSSR count). The number of nitrogens with zero attached hydrogens (tertiary/aromatic N) is 3. The van der Waals surface area contributed by atoms with E-state index in [-0.39, 0.29) is 12.8 Å². The number of aromatic nitrogens is 1. The summed E-state index contributed by atoms with van der Waals surface area (Å²) in [4.78, 5) is 29.3. The Labute approximate surface area is 238 Å². The molecule has 0 fully saturated rings. The molecule has 0 radical (unpaired) electrons. The van der Waals surface area contributed by atoms with Gasteiger partial charge in [0.05, 0.1) is 23.7 Å². The van der Waals surface area contributed by atoms with Gasteiger partial charge in [-0.3, -0.25) is 14.6 Å². The number of carbonyl (C=O) groups is 2. The first-order chi connectivity index (χ1) is 18.2. The van der Waals surface area contributed by atoms with Crippen LogP contribution in [0.4, 0.5) is 0 Å². The van der Waals surface area contributed by atoms with Crippen LogP contribution in [0.1, 0.15) is 42.1 Å². The summed E-state index contributed by atoms with van der Waals surface area (Å²) >= 11 is 16.3. The highest BCUT2D eigenvalue weighted by molar-refractivity contribution is 9.10. The van der Waals surface area contributed by atoms with Gasteiger partial charge in [0.15, 0.2) is 0 Å². The number of hydrazone groups is 1. The lowest BCUT2D eigenvalue weighted by Crippen LogP contribution is -2.27. The molecule has 1 N–H and O–H groups in total. The van der Waals surface area contributed by atoms with E-state index in [0.29, 0.717) is 27.7 Å². The van der Waals surface area contributed by atoms with Gasteiger partial charge in [-0.15, -0.1) is 0 Å². The molecule has 1 atom stereocenters. The molecule has 1 aromatic heterocycles. The number of benzene rings is 3. The van der Waals surface area contributed by atoms with Crippen LogP contribution in [0.3, 0.4) is 0 Å². The lowest BCUT2D eigenvalue weighted by atomic mass is 9.89. The molecule has 38 heavy (non-hydrogen) atoms. The largest absolute Gasteiger partial charge is 0.481 e. The zero-order valence-corrected chi connectivity index (χ0v) is 23.4. The number of carboxylic acids is 1. The van der Waals surface area contributed by atoms with Crippen LogP contribution in [-0.4, -0.2) is 32.7 Å². The van der Waals surface area contributed by atoms with E-state index >= 15 is 0 Å². The Morgan fingerprint density at radius 1 is 1.03 bits per heavy atom. The van der Waals surface area contributed by atoms with Crippen LogP contribution >= 0.6 is 39.1 Å². The van der Waals surface area contributed by atoms with Gasteiger partial charge in [0, 0.05) is 49.6 Å². The van der Waals surface area contributed by atoms with Crippen molar-refractivity contribution in [3.05, 3.63) is 98.1 Å². The lowest BCUT2D eigenvalue weighted by Gasteiger charge is -2.23. The fourth-order valence-corrected chi connectivity index (χ4v) is 5.75. The average Bonchev–Trinajstić information content (AvgIpc) is 3.32. The Hall–Kier alpha value is -3.26. The number of hydrogen-bond acceptors (Lipinski definition) is 4. The van der Waals surface area contributed by atoms with Crippen molar-refractivity contribution in [2.75, 3.05) is 0 Å². The molecular weight excluding hydrogens is 589 g/mol. The van der Waals surface area contributed by atoms with Gasteiger partial charge in [-0.05, 0) is 48.4 Å². The van der Waals surface area contributed by atoms with E-state index < -0.39 is 17.9 Å². The van der Waals surface area contributed by atoms with Crippen molar-refractivity contribution < 1.29 is 14.7 Å². The SMILES string of the molecule is Cc1nc2ccc(Br)cc2c(-c2ccccc2)c1C1=NN(C(=O)CCC(=O)O)C(c2ccc(Cl)cc2Cl)C1. The first-order valence-corrected chi connectivity index (χ1v) is 13.5. The predicted octanol–water partition coefficient (Wildman–Crippen LogP) is 7.82. The molecule has 6 nitrogen and oxygen atoms in total. The summed E-state index contributed by atoms with van der Waals surface area (Å²) in [5.74, 6) is -1.44. The summed E-state index contributed by atoms with van der Waals surface area (Å²) in [6, 6.07) is 20.6. The van der Waals surface area contributed by atoms with Gasteiger partial charge in [-0.25, -0.2) is 5.01 Å². The molecule has 0 aliphatic carbocycles. The standard InChI is InChI=1S/C29H22BrCl2N3O3/c1-16-28(29(17-5-3-2-4-6-17)21-13-18(30)7-10-23(21)33-16)24-15-25(20-9-8-19(31)14-22(20)32)35(34-24)26(36)11-12-27(37)38/h2-10,13-14,25H,11-12,15H2,1H3,(H,37,38). The number of pyridine rings is 1. The Balaban J connectivity index is 1.70. The van der Waals surface area contributed by atoms with E-state index in [1.54, 1.807) is 18.2 Å². The maximum absolute atomic E-state index is 13.3. The topological polar surface area (TPSA) is 82.9 Å². The lowest BCUT2D eigenvalue weighted by molar-refractivity contribution is -0.141. The fourth-order valence-electron chi connectivity index (χ4n) is 4.85. The molecule has 192 valence electrons. The molecule has 1 aliphatic heterocycles. The molecule has 9 heteroatoms. The zero-order valence-electron chi connectivity index (χ0n) is 20.3. The number of amides is 1. The summed E-state index contributed by atoms with van der Waals surface area (Å²) in [6.45, 7) is 1.94. The summed E-state index contributed by atoms with van der Waals surface area (Å²) in [7, 11) is 0. The van der Waals surface area contributed by atoms with Crippen LogP contribution in [0.25, 0.3) is 22.0 Å². The Morgan fingerprint density at radius 2 is 1.79 bits per heavy atom. The molecule has 0 saturated carbocycles. The second-order valence-electron chi connectivity index (χ2n) is 9.04. The van der Waals surface area contributed by atoms with Crippen molar-refractivity contribution in [2.45, 2.75) is 32.2 Å². The molecule has 1 aliphatic rings. The number of carboxylic acid groups (broad SMARTS) is 1. The quantitative estimate of drug-likeness (QED) is 0.241. The van der Waals surface area contributed by atoms with Crippen LogP contribution in [0.15, 0.2) is 76.3 Å². The zero-order chi connectivity index (χ0) is 27.0. The van der Waals surface area contributed by atoms with Crippen LogP contribution in [-0.2, 0) is 9.59 Å². The third kappa shape index (κ3) is 5.19. The second kappa shape index (κ2) is 10.8. The van der Waals surface area contributed by atoms with Crippen LogP contribution < -0.4 is 0 Å². The average molecular weight is 611 g/mol. The number of hydrogen-bond donors (Lipinski definition) is 1. The number of halogens is 3. The predicted molar refractivity (Wildman–Crippen MR) is 154 cm³/mol. The van der Waals surface area contributed by atoms with Crippen molar-refractivity contribution in [1.29, 1.82) is 0 Å². The van der Waals surface area contributed by atoms with Crippen LogP contribution in [0.2, 0.25) is 10.0 Å². The molecular formula is C29H22BrCl2N3O3. The van der Waals surface area contributed by atoms with Crippen molar-refractivity contribution in [1.82, 2.24) is 9.99 Å². The van der Waals surface area contributed by atoms with Crippen LogP contribution in [0.5, 0.6) is 0 Å². The van der Waals surface area contributed by atoms with Gasteiger partial charge in [0.2, 0.25) is 5.91 Å². The number of fused-ring (bicyclic) bond motifs is 1. The summed E-state index contributed by atoms with van der Waals surface area (Å²) in [5, 5.41) is 17.2. The molecule has 4 aromatic rings. The molecule has 0 bridgehead atoms. The minimum absolute atomic E-state index is 0.179. The monoisotopic (exact) mass is 609 g/mol. The second-order valence-corrected chi connectivity index (χ2v) is 10.8. The third-order valence-electron chi connectivity index (χ3n) is 6.52. The van der Waals surface area contributed by atoms with Crippen molar-refractivity contribution >= 4 is 67.6 Å². The highest BCUT2D eigenvalue weighted by Crippen LogP contribution is 2.42. The van der Waals surface area contributed by atoms with Crippen molar-refractivity contribution in [2.24, 2.45) is 5.10 Å². The van der Waals surface area contributed by atoms with Gasteiger partial charge in [0.1, 0.15) is 0 Å². The van der Waals surface area contributed by atoms with E-state index in [2.05, 4.69) is 15.9 Å². The normalized spacial score (nSPS) is 15.1. The van der Waals surface area contributed by atoms with Crippen LogP contribution in [0, 0.1) is 6.92 Å². The van der Waals surface area contributed by atoms with Crippen molar-refractivity contribution in [3.8, 4) is 11.1 Å². The maximum atomic E-state index is 13.3. The number of rotatable bonds is 6. The Kier molecular flexibility index (Phi) is 7.52. The van der Waals surface area contributed by atoms with Gasteiger partial charge in [-0.2, -0.15) is 5.10 Å². The highest BCUT2D eigenvalue weighted by atomic mass is 79.9. The van der Waals surface area contributed by atoms with E-state index in [1.165, 1.54) is 5.01 Å². The van der Waals surface area contributed by atoms with E-state index in [1.807, 2.05) is 55.5 Å². The van der Waals surface area contributed by atoms with Gasteiger partial charge in [-0.1, -0.05) is 75.5 Å². The maximum Gasteiger partial charge on any atom is 0.303 e. The molecule has 1 amide bonds. The number of aliphatic carboxylic acids is 1. The summed E-state index contributed by atoms with van der Waals surface area (Å²) < 4.78 is 0.920. The first-order valence-electron chi connectivity index (χ1n) is 11.9. The number of aryl methyl sites for hydroxylation is 1. The third-order valence-corrected chi connectivity index (χ3v) is 7.57. The Bertz CT molecular complexity index is 1610. The highest BCUT2D eigenvalue weighted by Gasteiger charge is 2.36. The molecule has 2 heterocycles. The molecule has 0 spiro atoms. The molecule has 1 unspecified atom stereocenters. The summed E-state index contributed by atoms with van der Waals surface area (Å²) in [6.07, 6.45) is -0.0929. The van der Waals surface area contributed by atoms with E-state index in [4.69, 9.17) is 38.4 Å². The van der Waals surface area contributed by atoms with Crippen molar-refractivity contribution in [3.63, 3.8) is 0 Å². The minimum atomic E-state index is -1.05.